The van der Waals surface area contributed by atoms with Crippen LogP contribution in [0.4, 0.5) is 14.8 Å². The van der Waals surface area contributed by atoms with Gasteiger partial charge in [-0.1, -0.05) is 11.3 Å². The molecule has 0 aliphatic carbocycles. The van der Waals surface area contributed by atoms with Crippen molar-refractivity contribution in [2.24, 2.45) is 5.92 Å². The summed E-state index contributed by atoms with van der Waals surface area (Å²) in [6.45, 7) is 6.09. The van der Waals surface area contributed by atoms with E-state index in [0.29, 0.717) is 29.4 Å². The van der Waals surface area contributed by atoms with Crippen molar-refractivity contribution in [1.29, 1.82) is 0 Å². The lowest BCUT2D eigenvalue weighted by Gasteiger charge is -2.38. The minimum atomic E-state index is -0.842. The number of carbonyl (C=O) groups excluding carboxylic acids is 3. The molecule has 38 heavy (non-hydrogen) atoms. The van der Waals surface area contributed by atoms with E-state index in [1.807, 2.05) is 6.07 Å². The lowest BCUT2D eigenvalue weighted by atomic mass is 10.00. The van der Waals surface area contributed by atoms with Crippen molar-refractivity contribution >= 4 is 62.7 Å². The van der Waals surface area contributed by atoms with Gasteiger partial charge in [-0.25, -0.2) is 9.59 Å². The molecule has 206 valence electrons. The van der Waals surface area contributed by atoms with Crippen LogP contribution in [0.15, 0.2) is 30.3 Å². The number of carboxylic acid groups (broad SMARTS) is 1. The number of hydrogen-bond acceptors (Lipinski definition) is 10. The molecule has 1 fully saturated rings. The molecule has 2 N–H and O–H groups in total. The zero-order valence-electron chi connectivity index (χ0n) is 21.3. The van der Waals surface area contributed by atoms with E-state index in [9.17, 15) is 29.3 Å². The third kappa shape index (κ3) is 10.3. The molecule has 0 saturated carbocycles. The number of likely N-dealkylation sites (tertiary alicyclic amines) is 1. The summed E-state index contributed by atoms with van der Waals surface area (Å²) >= 11 is 2.37. The van der Waals surface area contributed by atoms with E-state index in [2.05, 4.69) is 10.1 Å². The molecule has 3 rings (SSSR count). The monoisotopic (exact) mass is 567 g/mol. The van der Waals surface area contributed by atoms with Crippen molar-refractivity contribution < 1.29 is 38.7 Å². The van der Waals surface area contributed by atoms with Gasteiger partial charge in [0.2, 0.25) is 5.91 Å². The van der Waals surface area contributed by atoms with Gasteiger partial charge in [-0.05, 0) is 51.5 Å². The molecule has 12 nitrogen and oxygen atoms in total. The Morgan fingerprint density at radius 2 is 1.87 bits per heavy atom. The SMILES string of the molecule is CC(C)(C)OC(=O)N1CC(C(=O)Nc2ccc(CCC(=O)O)s2)C1.COC(=O)/C=C/c1ccc([N+](=O)[O-])s1. The van der Waals surface area contributed by atoms with Crippen LogP contribution in [-0.4, -0.2) is 64.7 Å². The van der Waals surface area contributed by atoms with E-state index in [1.165, 1.54) is 41.6 Å². The number of nitrogens with one attached hydrogen (secondary N) is 1. The fourth-order valence-electron chi connectivity index (χ4n) is 2.90. The van der Waals surface area contributed by atoms with Crippen molar-refractivity contribution in [2.45, 2.75) is 39.2 Å². The number of aryl methyl sites for hydroxylation is 1. The number of thiophene rings is 2. The van der Waals surface area contributed by atoms with Gasteiger partial charge in [0.15, 0.2) is 0 Å². The fourth-order valence-corrected chi connectivity index (χ4v) is 4.54. The van der Waals surface area contributed by atoms with Crippen LogP contribution in [0.5, 0.6) is 0 Å². The van der Waals surface area contributed by atoms with E-state index < -0.39 is 28.6 Å². The summed E-state index contributed by atoms with van der Waals surface area (Å²) < 4.78 is 9.62. The molecule has 0 atom stereocenters. The van der Waals surface area contributed by atoms with Crippen molar-refractivity contribution in [3.63, 3.8) is 0 Å². The standard InChI is InChI=1S/C16H22N2O5S.C8H7NO4S/c1-16(2,3)23-15(22)18-8-10(9-18)14(21)17-12-6-4-11(24-12)5-7-13(19)20;1-13-8(10)5-3-6-2-4-7(14-6)9(11)12/h4,6,10H,5,7-9H2,1-3H3,(H,17,21)(H,19,20);2-5H,1H3/b;5-3+. The lowest BCUT2D eigenvalue weighted by molar-refractivity contribution is -0.380. The Morgan fingerprint density at radius 3 is 2.42 bits per heavy atom. The fraction of sp³-hybridized carbons (Fsp3) is 0.417. The van der Waals surface area contributed by atoms with Crippen LogP contribution in [0.25, 0.3) is 6.08 Å². The Hall–Kier alpha value is -3.78. The molecule has 0 aromatic carbocycles. The number of esters is 1. The molecular weight excluding hydrogens is 538 g/mol. The molecular formula is C24H29N3O9S2. The van der Waals surface area contributed by atoms with Gasteiger partial charge in [0.1, 0.15) is 5.60 Å². The quantitative estimate of drug-likeness (QED) is 0.203. The van der Waals surface area contributed by atoms with Gasteiger partial charge in [-0.3, -0.25) is 19.7 Å². The van der Waals surface area contributed by atoms with E-state index >= 15 is 0 Å². The maximum absolute atomic E-state index is 12.1. The minimum absolute atomic E-state index is 0.0505. The van der Waals surface area contributed by atoms with Gasteiger partial charge in [0.25, 0.3) is 0 Å². The molecule has 2 aromatic rings. The van der Waals surface area contributed by atoms with E-state index in [-0.39, 0.29) is 23.2 Å². The number of carboxylic acids is 1. The predicted octanol–water partition coefficient (Wildman–Crippen LogP) is 4.41. The van der Waals surface area contributed by atoms with Crippen molar-refractivity contribution in [3.8, 4) is 0 Å². The zero-order chi connectivity index (χ0) is 28.5. The minimum Gasteiger partial charge on any atom is -0.481 e. The summed E-state index contributed by atoms with van der Waals surface area (Å²) in [5.74, 6) is -1.71. The summed E-state index contributed by atoms with van der Waals surface area (Å²) in [5.41, 5.74) is -0.548. The number of carbonyl (C=O) groups is 4. The molecule has 2 aromatic heterocycles. The second-order valence-corrected chi connectivity index (χ2v) is 11.3. The van der Waals surface area contributed by atoms with E-state index in [4.69, 9.17) is 9.84 Å². The third-order valence-corrected chi connectivity index (χ3v) is 6.84. The highest BCUT2D eigenvalue weighted by molar-refractivity contribution is 7.16. The predicted molar refractivity (Wildman–Crippen MR) is 142 cm³/mol. The molecule has 2 amide bonds. The highest BCUT2D eigenvalue weighted by Gasteiger charge is 2.38. The first-order valence-corrected chi connectivity index (χ1v) is 13.0. The first-order valence-electron chi connectivity index (χ1n) is 11.4. The molecule has 14 heteroatoms. The number of ether oxygens (including phenoxy) is 2. The number of rotatable bonds is 8. The van der Waals surface area contributed by atoms with Crippen LogP contribution in [0.1, 0.15) is 36.9 Å². The highest BCUT2D eigenvalue weighted by Crippen LogP contribution is 2.26. The normalized spacial score (nSPS) is 13.2. The van der Waals surface area contributed by atoms with Crippen molar-refractivity contribution in [2.75, 3.05) is 25.5 Å². The summed E-state index contributed by atoms with van der Waals surface area (Å²) in [7, 11) is 1.27. The summed E-state index contributed by atoms with van der Waals surface area (Å²) in [5, 5.41) is 22.5. The van der Waals surface area contributed by atoms with Crippen LogP contribution >= 0.6 is 22.7 Å². The number of nitrogens with zero attached hydrogens (tertiary/aromatic N) is 2. The smallest absolute Gasteiger partial charge is 0.410 e. The van der Waals surface area contributed by atoms with Crippen LogP contribution in [0.2, 0.25) is 0 Å². The Labute approximate surface area is 227 Å². The average molecular weight is 568 g/mol. The van der Waals surface area contributed by atoms with Crippen LogP contribution in [0.3, 0.4) is 0 Å². The lowest BCUT2D eigenvalue weighted by Crippen LogP contribution is -2.55. The first kappa shape index (κ1) is 30.4. The molecule has 3 heterocycles. The number of anilines is 1. The first-order chi connectivity index (χ1) is 17.8. The van der Waals surface area contributed by atoms with Crippen LogP contribution in [0, 0.1) is 16.0 Å². The zero-order valence-corrected chi connectivity index (χ0v) is 22.9. The third-order valence-electron chi connectivity index (χ3n) is 4.77. The van der Waals surface area contributed by atoms with Gasteiger partial charge >= 0.3 is 23.0 Å². The van der Waals surface area contributed by atoms with Crippen molar-refractivity contribution in [1.82, 2.24) is 4.90 Å². The molecule has 1 aliphatic heterocycles. The Bertz CT molecular complexity index is 1190. The Kier molecular flexibility index (Phi) is 11.0. The Morgan fingerprint density at radius 1 is 1.18 bits per heavy atom. The van der Waals surface area contributed by atoms with Crippen molar-refractivity contribution in [3.05, 3.63) is 50.2 Å². The maximum Gasteiger partial charge on any atom is 0.410 e. The number of nitro groups is 1. The molecule has 1 saturated heterocycles. The number of methoxy groups -OCH3 is 1. The second-order valence-electron chi connectivity index (χ2n) is 9.02. The highest BCUT2D eigenvalue weighted by atomic mass is 32.1. The van der Waals surface area contributed by atoms with E-state index in [1.54, 1.807) is 32.9 Å². The maximum atomic E-state index is 12.1. The molecule has 1 aliphatic rings. The van der Waals surface area contributed by atoms with Crippen LogP contribution in [-0.2, 0) is 30.3 Å². The molecule has 0 unspecified atom stereocenters. The van der Waals surface area contributed by atoms with Crippen LogP contribution < -0.4 is 5.32 Å². The number of aliphatic carboxylic acids is 1. The van der Waals surface area contributed by atoms with Gasteiger partial charge in [0, 0.05) is 35.0 Å². The number of hydrogen-bond donors (Lipinski definition) is 2. The summed E-state index contributed by atoms with van der Waals surface area (Å²) in [4.78, 5) is 58.1. The molecule has 0 radical (unpaired) electrons. The van der Waals surface area contributed by atoms with Gasteiger partial charge in [-0.15, -0.1) is 11.3 Å². The average Bonchev–Trinajstić information content (AvgIpc) is 3.44. The second kappa shape index (κ2) is 13.7. The molecule has 0 bridgehead atoms. The Balaban J connectivity index is 0.000000308. The summed E-state index contributed by atoms with van der Waals surface area (Å²) in [6.07, 6.45) is 2.81. The van der Waals surface area contributed by atoms with E-state index in [0.717, 1.165) is 16.2 Å². The van der Waals surface area contributed by atoms with Gasteiger partial charge in [-0.2, -0.15) is 0 Å². The largest absolute Gasteiger partial charge is 0.481 e. The number of amides is 2. The topological polar surface area (TPSA) is 165 Å². The molecule has 0 spiro atoms. The van der Waals surface area contributed by atoms with Gasteiger partial charge < -0.3 is 24.8 Å². The van der Waals surface area contributed by atoms with Gasteiger partial charge in [0.05, 0.1) is 29.4 Å². The summed E-state index contributed by atoms with van der Waals surface area (Å²) in [6, 6.07) is 6.55.